The van der Waals surface area contributed by atoms with Gasteiger partial charge in [0.1, 0.15) is 16.4 Å². The molecule has 0 radical (unpaired) electrons. The molecule has 1 aromatic carbocycles. The van der Waals surface area contributed by atoms with Crippen LogP contribution in [-0.2, 0) is 21.2 Å². The number of rotatable bonds is 5. The molecule has 0 amide bonds. The second-order valence-electron chi connectivity index (χ2n) is 6.42. The molecule has 1 aliphatic rings. The standard InChI is InChI=1S/C19H22ClNO5S/c1-3-14-8-9-17(26-14)16-6-4-5-11-21(16)27(23,24)18-10-7-13(12-15(18)20)19(22)25-2/h7-10,12,16H,3-6,11H2,1-2H3/t16-/m1/s1. The largest absolute Gasteiger partial charge is 0.465 e. The minimum atomic E-state index is -3.85. The molecule has 0 spiro atoms. The number of esters is 1. The molecule has 1 aliphatic heterocycles. The smallest absolute Gasteiger partial charge is 0.337 e. The lowest BCUT2D eigenvalue weighted by atomic mass is 10.0. The zero-order valence-corrected chi connectivity index (χ0v) is 16.8. The second kappa shape index (κ2) is 8.04. The van der Waals surface area contributed by atoms with Crippen LogP contribution in [0.1, 0.15) is 54.1 Å². The fourth-order valence-electron chi connectivity index (χ4n) is 3.32. The maximum Gasteiger partial charge on any atom is 0.337 e. The molecule has 6 nitrogen and oxygen atoms in total. The molecule has 27 heavy (non-hydrogen) atoms. The van der Waals surface area contributed by atoms with Gasteiger partial charge in [0, 0.05) is 13.0 Å². The number of hydrogen-bond acceptors (Lipinski definition) is 5. The van der Waals surface area contributed by atoms with Crippen LogP contribution >= 0.6 is 11.6 Å². The Morgan fingerprint density at radius 1 is 1.30 bits per heavy atom. The molecule has 1 fully saturated rings. The number of carbonyl (C=O) groups excluding carboxylic acids is 1. The number of sulfonamides is 1. The lowest BCUT2D eigenvalue weighted by Crippen LogP contribution is -2.38. The van der Waals surface area contributed by atoms with E-state index in [0.29, 0.717) is 18.7 Å². The van der Waals surface area contributed by atoms with Crippen molar-refractivity contribution in [3.8, 4) is 0 Å². The van der Waals surface area contributed by atoms with Crippen molar-refractivity contribution in [3.63, 3.8) is 0 Å². The summed E-state index contributed by atoms with van der Waals surface area (Å²) in [5, 5.41) is -0.00378. The average molecular weight is 412 g/mol. The van der Waals surface area contributed by atoms with E-state index in [1.807, 2.05) is 19.1 Å². The molecule has 0 aliphatic carbocycles. The van der Waals surface area contributed by atoms with Crippen LogP contribution in [0, 0.1) is 0 Å². The number of aryl methyl sites for hydroxylation is 1. The summed E-state index contributed by atoms with van der Waals surface area (Å²) < 4.78 is 38.5. The van der Waals surface area contributed by atoms with Crippen molar-refractivity contribution in [2.24, 2.45) is 0 Å². The van der Waals surface area contributed by atoms with Gasteiger partial charge in [-0.3, -0.25) is 0 Å². The van der Waals surface area contributed by atoms with Crippen LogP contribution in [0.5, 0.6) is 0 Å². The normalized spacial score (nSPS) is 18.4. The monoisotopic (exact) mass is 411 g/mol. The molecular formula is C19H22ClNO5S. The van der Waals surface area contributed by atoms with Gasteiger partial charge in [0.15, 0.2) is 0 Å². The summed E-state index contributed by atoms with van der Waals surface area (Å²) in [6.07, 6.45) is 3.14. The van der Waals surface area contributed by atoms with Gasteiger partial charge in [-0.15, -0.1) is 0 Å². The highest BCUT2D eigenvalue weighted by molar-refractivity contribution is 7.89. The van der Waals surface area contributed by atoms with E-state index in [2.05, 4.69) is 4.74 Å². The van der Waals surface area contributed by atoms with Crippen LogP contribution in [0.3, 0.4) is 0 Å². The average Bonchev–Trinajstić information content (AvgIpc) is 3.16. The van der Waals surface area contributed by atoms with Crippen molar-refractivity contribution < 1.29 is 22.4 Å². The summed E-state index contributed by atoms with van der Waals surface area (Å²) >= 11 is 6.22. The molecule has 0 N–H and O–H groups in total. The summed E-state index contributed by atoms with van der Waals surface area (Å²) in [5.74, 6) is 0.908. The third-order valence-electron chi connectivity index (χ3n) is 4.75. The van der Waals surface area contributed by atoms with Gasteiger partial charge in [0.05, 0.1) is 23.7 Å². The molecule has 1 atom stereocenters. The molecular weight excluding hydrogens is 390 g/mol. The molecule has 2 heterocycles. The molecule has 0 unspecified atom stereocenters. The SMILES string of the molecule is CCc1ccc([C@H]2CCCCN2S(=O)(=O)c2ccc(C(=O)OC)cc2Cl)o1. The maximum atomic E-state index is 13.3. The van der Waals surface area contributed by atoms with E-state index in [1.165, 1.54) is 29.6 Å². The molecule has 2 aromatic rings. The van der Waals surface area contributed by atoms with Crippen LogP contribution in [0.2, 0.25) is 5.02 Å². The molecule has 1 saturated heterocycles. The van der Waals surface area contributed by atoms with E-state index in [-0.39, 0.29) is 21.5 Å². The Hall–Kier alpha value is -1.83. The number of halogens is 1. The zero-order chi connectivity index (χ0) is 19.6. The van der Waals surface area contributed by atoms with Gasteiger partial charge in [-0.2, -0.15) is 4.31 Å². The summed E-state index contributed by atoms with van der Waals surface area (Å²) in [6.45, 7) is 2.38. The fraction of sp³-hybridized carbons (Fsp3) is 0.421. The van der Waals surface area contributed by atoms with E-state index < -0.39 is 16.0 Å². The van der Waals surface area contributed by atoms with Gasteiger partial charge in [-0.1, -0.05) is 24.9 Å². The Kier molecular flexibility index (Phi) is 5.93. The number of nitrogens with zero attached hydrogens (tertiary/aromatic N) is 1. The minimum Gasteiger partial charge on any atom is -0.465 e. The highest BCUT2D eigenvalue weighted by Crippen LogP contribution is 2.38. The Bertz CT molecular complexity index is 937. The molecule has 0 bridgehead atoms. The Morgan fingerprint density at radius 3 is 2.70 bits per heavy atom. The number of benzene rings is 1. The Morgan fingerprint density at radius 2 is 2.07 bits per heavy atom. The third-order valence-corrected chi connectivity index (χ3v) is 7.14. The number of ether oxygens (including phenoxy) is 1. The molecule has 3 rings (SSSR count). The number of carbonyl (C=O) groups is 1. The molecule has 1 aromatic heterocycles. The number of furan rings is 1. The van der Waals surface area contributed by atoms with Crippen LogP contribution < -0.4 is 0 Å². The van der Waals surface area contributed by atoms with Crippen LogP contribution in [0.15, 0.2) is 39.6 Å². The topological polar surface area (TPSA) is 76.8 Å². The minimum absolute atomic E-state index is 0.00378. The first-order chi connectivity index (χ1) is 12.9. The van der Waals surface area contributed by atoms with Gasteiger partial charge in [0.2, 0.25) is 10.0 Å². The van der Waals surface area contributed by atoms with Crippen LogP contribution in [0.25, 0.3) is 0 Å². The third kappa shape index (κ3) is 3.90. The van der Waals surface area contributed by atoms with Crippen molar-refractivity contribution in [2.45, 2.75) is 43.5 Å². The first-order valence-corrected chi connectivity index (χ1v) is 10.7. The van der Waals surface area contributed by atoms with Crippen molar-refractivity contribution in [1.82, 2.24) is 4.31 Å². The number of piperidine rings is 1. The van der Waals surface area contributed by atoms with Gasteiger partial charge >= 0.3 is 5.97 Å². The van der Waals surface area contributed by atoms with E-state index in [4.69, 9.17) is 16.0 Å². The lowest BCUT2D eigenvalue weighted by molar-refractivity contribution is 0.0600. The summed E-state index contributed by atoms with van der Waals surface area (Å²) in [6, 6.07) is 7.45. The Labute approximate surface area is 164 Å². The number of hydrogen-bond donors (Lipinski definition) is 0. The Balaban J connectivity index is 1.97. The first-order valence-electron chi connectivity index (χ1n) is 8.86. The van der Waals surface area contributed by atoms with Gasteiger partial charge < -0.3 is 9.15 Å². The second-order valence-corrected chi connectivity index (χ2v) is 8.69. The van der Waals surface area contributed by atoms with E-state index in [9.17, 15) is 13.2 Å². The van der Waals surface area contributed by atoms with Crippen LogP contribution in [0.4, 0.5) is 0 Å². The summed E-state index contributed by atoms with van der Waals surface area (Å²) in [4.78, 5) is 11.6. The van der Waals surface area contributed by atoms with Gasteiger partial charge in [-0.05, 0) is 43.2 Å². The van der Waals surface area contributed by atoms with Crippen molar-refractivity contribution in [2.75, 3.05) is 13.7 Å². The zero-order valence-electron chi connectivity index (χ0n) is 15.3. The molecule has 8 heteroatoms. The van der Waals surface area contributed by atoms with Gasteiger partial charge in [-0.25, -0.2) is 13.2 Å². The summed E-state index contributed by atoms with van der Waals surface area (Å²) in [7, 11) is -2.59. The quantitative estimate of drug-likeness (QED) is 0.689. The fourth-order valence-corrected chi connectivity index (χ4v) is 5.51. The van der Waals surface area contributed by atoms with Gasteiger partial charge in [0.25, 0.3) is 0 Å². The maximum absolute atomic E-state index is 13.3. The highest BCUT2D eigenvalue weighted by atomic mass is 35.5. The first kappa shape index (κ1) is 19.9. The van der Waals surface area contributed by atoms with Crippen molar-refractivity contribution in [3.05, 3.63) is 52.4 Å². The molecule has 0 saturated carbocycles. The molecule has 146 valence electrons. The van der Waals surface area contributed by atoms with E-state index in [0.717, 1.165) is 25.0 Å². The van der Waals surface area contributed by atoms with Crippen molar-refractivity contribution in [1.29, 1.82) is 0 Å². The van der Waals surface area contributed by atoms with Crippen LogP contribution in [-0.4, -0.2) is 32.3 Å². The lowest BCUT2D eigenvalue weighted by Gasteiger charge is -2.33. The van der Waals surface area contributed by atoms with Crippen molar-refractivity contribution >= 4 is 27.6 Å². The predicted molar refractivity (Wildman–Crippen MR) is 101 cm³/mol. The van der Waals surface area contributed by atoms with E-state index >= 15 is 0 Å². The number of methoxy groups -OCH3 is 1. The van der Waals surface area contributed by atoms with E-state index in [1.54, 1.807) is 0 Å². The highest BCUT2D eigenvalue weighted by Gasteiger charge is 2.37. The summed E-state index contributed by atoms with van der Waals surface area (Å²) in [5.41, 5.74) is 0.204. The predicted octanol–water partition coefficient (Wildman–Crippen LogP) is 4.20.